The maximum absolute atomic E-state index is 13.8. The molecule has 7 nitrogen and oxygen atoms in total. The molecule has 0 spiro atoms. The zero-order chi connectivity index (χ0) is 32.5. The van der Waals surface area contributed by atoms with E-state index in [1.54, 1.807) is 12.1 Å². The molecule has 0 saturated heterocycles. The number of aliphatic hydroxyl groups excluding tert-OH is 2. The van der Waals surface area contributed by atoms with E-state index in [0.29, 0.717) is 39.8 Å². The van der Waals surface area contributed by atoms with Gasteiger partial charge in [0.15, 0.2) is 0 Å². The number of hydrogen-bond acceptors (Lipinski definition) is 6. The third kappa shape index (κ3) is 8.58. The molecule has 0 saturated carbocycles. The summed E-state index contributed by atoms with van der Waals surface area (Å²) in [6.07, 6.45) is 0. The van der Waals surface area contributed by atoms with E-state index in [2.05, 4.69) is 10.6 Å². The maximum atomic E-state index is 13.8. The number of nitrogens with one attached hydrogen (secondary N) is 2. The largest absolute Gasteiger partial charge is 0.488 e. The van der Waals surface area contributed by atoms with Gasteiger partial charge in [0, 0.05) is 36.3 Å². The van der Waals surface area contributed by atoms with Crippen molar-refractivity contribution in [3.05, 3.63) is 117 Å². The molecule has 0 radical (unpaired) electrons. The number of hydrogen-bond donors (Lipinski definition) is 4. The van der Waals surface area contributed by atoms with Crippen LogP contribution in [-0.4, -0.2) is 41.9 Å². The van der Waals surface area contributed by atoms with Gasteiger partial charge in [-0.15, -0.1) is 0 Å². The highest BCUT2D eigenvalue weighted by atomic mass is 35.5. The van der Waals surface area contributed by atoms with Gasteiger partial charge in [-0.05, 0) is 78.4 Å². The minimum atomic E-state index is -0.715. The third-order valence-corrected chi connectivity index (χ3v) is 7.78. The van der Waals surface area contributed by atoms with E-state index in [-0.39, 0.29) is 38.9 Å². The standard InChI is InChI=1S/C35H37ClF2N2O5/c1-4-39-35(43)31-10-6-9-30(22(31)3)29-8-5-7-24(21(29)2)20-45-34-15-33(44-19-23-11-26(37)14-27(38)12-23)25(13-32(34)36)16-40-28(17-41)18-42/h5-15,28,40-42H,4,16-20H2,1-3H3,(H,39,43). The van der Waals surface area contributed by atoms with E-state index in [1.807, 2.05) is 57.2 Å². The van der Waals surface area contributed by atoms with Gasteiger partial charge in [0.25, 0.3) is 5.91 Å². The second kappa shape index (κ2) is 15.8. The zero-order valence-corrected chi connectivity index (χ0v) is 26.2. The summed E-state index contributed by atoms with van der Waals surface area (Å²) >= 11 is 6.63. The molecule has 0 fully saturated rings. The van der Waals surface area contributed by atoms with Gasteiger partial charge in [-0.25, -0.2) is 8.78 Å². The number of ether oxygens (including phenoxy) is 2. The lowest BCUT2D eigenvalue weighted by atomic mass is 9.91. The second-order valence-electron chi connectivity index (χ2n) is 10.6. The highest BCUT2D eigenvalue weighted by Gasteiger charge is 2.17. The fraction of sp³-hybridized carbons (Fsp3) is 0.286. The normalized spacial score (nSPS) is 11.1. The summed E-state index contributed by atoms with van der Waals surface area (Å²) in [7, 11) is 0. The van der Waals surface area contributed by atoms with Crippen molar-refractivity contribution in [1.29, 1.82) is 0 Å². The summed E-state index contributed by atoms with van der Waals surface area (Å²) in [5.74, 6) is -0.863. The molecule has 0 atom stereocenters. The van der Waals surface area contributed by atoms with Gasteiger partial charge in [0.05, 0.1) is 24.3 Å². The Morgan fingerprint density at radius 3 is 2.16 bits per heavy atom. The van der Waals surface area contributed by atoms with Crippen molar-refractivity contribution >= 4 is 17.5 Å². The predicted octanol–water partition coefficient (Wildman–Crippen LogP) is 6.25. The molecule has 4 aromatic rings. The van der Waals surface area contributed by atoms with E-state index < -0.39 is 17.7 Å². The Morgan fingerprint density at radius 2 is 1.49 bits per heavy atom. The van der Waals surface area contributed by atoms with Crippen LogP contribution in [-0.2, 0) is 19.8 Å². The molecule has 0 heterocycles. The minimum Gasteiger partial charge on any atom is -0.488 e. The Kier molecular flexibility index (Phi) is 11.9. The molecular weight excluding hydrogens is 602 g/mol. The SMILES string of the molecule is CCNC(=O)c1cccc(-c2cccc(COc3cc(OCc4cc(F)cc(F)c4)c(CNC(CO)CO)cc3Cl)c2C)c1C. The first-order valence-electron chi connectivity index (χ1n) is 14.6. The van der Waals surface area contributed by atoms with Crippen molar-refractivity contribution in [2.75, 3.05) is 19.8 Å². The van der Waals surface area contributed by atoms with Crippen LogP contribution in [0.1, 0.15) is 45.1 Å². The molecule has 0 bridgehead atoms. The van der Waals surface area contributed by atoms with Gasteiger partial charge >= 0.3 is 0 Å². The Labute approximate surface area is 266 Å². The number of rotatable bonds is 14. The molecule has 10 heteroatoms. The number of amides is 1. The van der Waals surface area contributed by atoms with E-state index in [0.717, 1.165) is 33.9 Å². The maximum Gasteiger partial charge on any atom is 0.251 e. The van der Waals surface area contributed by atoms with Gasteiger partial charge in [-0.3, -0.25) is 4.79 Å². The highest BCUT2D eigenvalue weighted by molar-refractivity contribution is 6.32. The Bertz CT molecular complexity index is 1620. The third-order valence-electron chi connectivity index (χ3n) is 7.49. The Balaban J connectivity index is 1.60. The van der Waals surface area contributed by atoms with Crippen LogP contribution in [0.3, 0.4) is 0 Å². The summed E-state index contributed by atoms with van der Waals surface area (Å²) in [6.45, 7) is 6.03. The molecule has 4 N–H and O–H groups in total. The molecule has 0 aliphatic rings. The fourth-order valence-corrected chi connectivity index (χ4v) is 5.21. The minimum absolute atomic E-state index is 0.119. The number of carbonyl (C=O) groups is 1. The average molecular weight is 639 g/mol. The fourth-order valence-electron chi connectivity index (χ4n) is 4.97. The highest BCUT2D eigenvalue weighted by Crippen LogP contribution is 2.35. The molecule has 1 amide bonds. The van der Waals surface area contributed by atoms with Crippen molar-refractivity contribution in [2.45, 2.75) is 46.6 Å². The molecular formula is C35H37ClF2N2O5. The van der Waals surface area contributed by atoms with Gasteiger partial charge in [0.2, 0.25) is 0 Å². The summed E-state index contributed by atoms with van der Waals surface area (Å²) in [6, 6.07) is 17.4. The predicted molar refractivity (Wildman–Crippen MR) is 171 cm³/mol. The van der Waals surface area contributed by atoms with Crippen LogP contribution < -0.4 is 20.1 Å². The lowest BCUT2D eigenvalue weighted by Crippen LogP contribution is -2.35. The van der Waals surface area contributed by atoms with E-state index >= 15 is 0 Å². The molecule has 0 aliphatic carbocycles. The summed E-state index contributed by atoms with van der Waals surface area (Å²) in [4.78, 5) is 12.6. The van der Waals surface area contributed by atoms with Crippen molar-refractivity contribution in [1.82, 2.24) is 10.6 Å². The number of benzene rings is 4. The average Bonchev–Trinajstić information content (AvgIpc) is 3.01. The molecule has 238 valence electrons. The molecule has 0 aliphatic heterocycles. The Hall–Kier alpha value is -4.02. The molecule has 45 heavy (non-hydrogen) atoms. The molecule has 4 rings (SSSR count). The summed E-state index contributed by atoms with van der Waals surface area (Å²) in [5.41, 5.74) is 6.19. The number of carbonyl (C=O) groups excluding carboxylic acids is 1. The lowest BCUT2D eigenvalue weighted by molar-refractivity contribution is 0.0955. The summed E-state index contributed by atoms with van der Waals surface area (Å²) < 4.78 is 39.7. The molecule has 0 unspecified atom stereocenters. The quantitative estimate of drug-likeness (QED) is 0.130. The molecule has 4 aromatic carbocycles. The second-order valence-corrected chi connectivity index (χ2v) is 11.0. The van der Waals surface area contributed by atoms with Gasteiger partial charge in [0.1, 0.15) is 36.3 Å². The van der Waals surface area contributed by atoms with Gasteiger partial charge < -0.3 is 30.3 Å². The van der Waals surface area contributed by atoms with Gasteiger partial charge in [-0.1, -0.05) is 41.9 Å². The van der Waals surface area contributed by atoms with Crippen LogP contribution in [0.4, 0.5) is 8.78 Å². The van der Waals surface area contributed by atoms with Crippen molar-refractivity contribution in [3.63, 3.8) is 0 Å². The van der Waals surface area contributed by atoms with E-state index in [4.69, 9.17) is 21.1 Å². The van der Waals surface area contributed by atoms with Crippen LogP contribution in [0.2, 0.25) is 5.02 Å². The monoisotopic (exact) mass is 638 g/mol. The lowest BCUT2D eigenvalue weighted by Gasteiger charge is -2.19. The van der Waals surface area contributed by atoms with Crippen molar-refractivity contribution in [3.8, 4) is 22.6 Å². The first-order valence-corrected chi connectivity index (χ1v) is 15.0. The number of aliphatic hydroxyl groups is 2. The molecule has 0 aromatic heterocycles. The van der Waals surface area contributed by atoms with Crippen molar-refractivity contribution in [2.24, 2.45) is 0 Å². The van der Waals surface area contributed by atoms with E-state index in [9.17, 15) is 23.8 Å². The zero-order valence-electron chi connectivity index (χ0n) is 25.4. The van der Waals surface area contributed by atoms with Crippen LogP contribution in [0.25, 0.3) is 11.1 Å². The smallest absolute Gasteiger partial charge is 0.251 e. The topological polar surface area (TPSA) is 100 Å². The van der Waals surface area contributed by atoms with E-state index in [1.165, 1.54) is 12.1 Å². The van der Waals surface area contributed by atoms with Crippen molar-refractivity contribution < 1.29 is 33.3 Å². The van der Waals surface area contributed by atoms with Crippen LogP contribution >= 0.6 is 11.6 Å². The Morgan fingerprint density at radius 1 is 0.844 bits per heavy atom. The van der Waals surface area contributed by atoms with Crippen LogP contribution in [0, 0.1) is 25.5 Å². The summed E-state index contributed by atoms with van der Waals surface area (Å²) in [5, 5.41) is 25.1. The first-order chi connectivity index (χ1) is 21.6. The van der Waals surface area contributed by atoms with Gasteiger partial charge in [-0.2, -0.15) is 0 Å². The first kappa shape index (κ1) is 33.9. The van der Waals surface area contributed by atoms with Crippen LogP contribution in [0.5, 0.6) is 11.5 Å². The van der Waals surface area contributed by atoms with Crippen LogP contribution in [0.15, 0.2) is 66.7 Å². The number of halogens is 3.